The van der Waals surface area contributed by atoms with Crippen LogP contribution in [0.4, 0.5) is 5.69 Å². The third kappa shape index (κ3) is 4.55. The van der Waals surface area contributed by atoms with Gasteiger partial charge in [-0.25, -0.2) is 9.78 Å². The molecule has 104 valence electrons. The molecule has 1 atom stereocenters. The lowest BCUT2D eigenvalue weighted by Crippen LogP contribution is -2.43. The molecule has 7 nitrogen and oxygen atoms in total. The molecule has 1 aromatic rings. The number of aromatic nitrogens is 1. The van der Waals surface area contributed by atoms with Crippen molar-refractivity contribution < 1.29 is 19.1 Å². The van der Waals surface area contributed by atoms with Gasteiger partial charge in [-0.15, -0.1) is 0 Å². The Morgan fingerprint density at radius 1 is 1.37 bits per heavy atom. The summed E-state index contributed by atoms with van der Waals surface area (Å²) in [5, 5.41) is 2.47. The third-order valence-electron chi connectivity index (χ3n) is 2.12. The van der Waals surface area contributed by atoms with Crippen LogP contribution in [0.3, 0.4) is 0 Å². The van der Waals surface area contributed by atoms with Crippen molar-refractivity contribution in [3.8, 4) is 5.88 Å². The van der Waals surface area contributed by atoms with E-state index in [1.54, 1.807) is 19.1 Å². The lowest BCUT2D eigenvalue weighted by molar-refractivity contribution is -0.146. The highest BCUT2D eigenvalue weighted by Crippen LogP contribution is 2.11. The van der Waals surface area contributed by atoms with Gasteiger partial charge in [-0.2, -0.15) is 0 Å². The summed E-state index contributed by atoms with van der Waals surface area (Å²) in [6, 6.07) is 1.86. The van der Waals surface area contributed by atoms with Crippen LogP contribution in [-0.4, -0.2) is 36.1 Å². The van der Waals surface area contributed by atoms with Crippen molar-refractivity contribution in [1.29, 1.82) is 0 Å². The molecule has 1 rings (SSSR count). The highest BCUT2D eigenvalue weighted by molar-refractivity contribution is 6.08. The average molecular weight is 267 g/mol. The molecule has 0 aromatic carbocycles. The molecule has 0 spiro atoms. The molecule has 7 heteroatoms. The van der Waals surface area contributed by atoms with E-state index in [9.17, 15) is 9.59 Å². The lowest BCUT2D eigenvalue weighted by Gasteiger charge is -2.11. The predicted molar refractivity (Wildman–Crippen MR) is 68.6 cm³/mol. The zero-order valence-electron chi connectivity index (χ0n) is 10.9. The number of ether oxygens (including phenoxy) is 2. The first-order chi connectivity index (χ1) is 9.08. The maximum atomic E-state index is 11.6. The summed E-state index contributed by atoms with van der Waals surface area (Å²) in [4.78, 5) is 26.9. The van der Waals surface area contributed by atoms with Gasteiger partial charge in [0, 0.05) is 6.07 Å². The topological polar surface area (TPSA) is 104 Å². The average Bonchev–Trinajstić information content (AvgIpc) is 2.40. The summed E-state index contributed by atoms with van der Waals surface area (Å²) < 4.78 is 9.81. The number of amides is 1. The Morgan fingerprint density at radius 3 is 2.63 bits per heavy atom. The molecule has 1 heterocycles. The van der Waals surface area contributed by atoms with E-state index in [2.05, 4.69) is 15.0 Å². The Kier molecular flexibility index (Phi) is 5.74. The van der Waals surface area contributed by atoms with Gasteiger partial charge in [0.05, 0.1) is 25.1 Å². The van der Waals surface area contributed by atoms with E-state index in [0.717, 1.165) is 0 Å². The minimum Gasteiger partial charge on any atom is -0.478 e. The molecule has 3 N–H and O–H groups in total. The van der Waals surface area contributed by atoms with Gasteiger partial charge in [0.2, 0.25) is 5.88 Å². The van der Waals surface area contributed by atoms with Crippen molar-refractivity contribution in [3.05, 3.63) is 18.3 Å². The van der Waals surface area contributed by atoms with Crippen LogP contribution in [0.2, 0.25) is 0 Å². The third-order valence-corrected chi connectivity index (χ3v) is 2.12. The first-order valence-corrected chi connectivity index (χ1v) is 5.90. The van der Waals surface area contributed by atoms with Crippen molar-refractivity contribution in [2.45, 2.75) is 19.9 Å². The Hall–Kier alpha value is -2.15. The van der Waals surface area contributed by atoms with Gasteiger partial charge in [0.25, 0.3) is 5.91 Å². The van der Waals surface area contributed by atoms with E-state index in [-0.39, 0.29) is 6.61 Å². The standard InChI is InChI=1S/C12H17N3O4/c1-3-18-9-6-5-8(7-14-9)15-11(16)10(13)12(17)19-4-2/h5-7,10H,3-4,13H2,1-2H3,(H,15,16). The zero-order chi connectivity index (χ0) is 14.3. The monoisotopic (exact) mass is 267 g/mol. The number of anilines is 1. The largest absolute Gasteiger partial charge is 0.478 e. The quantitative estimate of drug-likeness (QED) is 0.568. The van der Waals surface area contributed by atoms with E-state index in [4.69, 9.17) is 10.5 Å². The predicted octanol–water partition coefficient (Wildman–Crippen LogP) is 0.309. The summed E-state index contributed by atoms with van der Waals surface area (Å²) in [5.74, 6) is -0.960. The zero-order valence-corrected chi connectivity index (χ0v) is 10.9. The molecule has 0 aliphatic rings. The second-order valence-electron chi connectivity index (χ2n) is 3.54. The lowest BCUT2D eigenvalue weighted by atomic mass is 10.3. The van der Waals surface area contributed by atoms with Crippen LogP contribution >= 0.6 is 0 Å². The Labute approximate surface area is 111 Å². The first kappa shape index (κ1) is 14.9. The summed E-state index contributed by atoms with van der Waals surface area (Å²) in [5.41, 5.74) is 5.86. The number of rotatable bonds is 6. The Bertz CT molecular complexity index is 433. The molecule has 1 unspecified atom stereocenters. The van der Waals surface area contributed by atoms with Crippen molar-refractivity contribution in [1.82, 2.24) is 4.98 Å². The fourth-order valence-electron chi connectivity index (χ4n) is 1.25. The fraction of sp³-hybridized carbons (Fsp3) is 0.417. The van der Waals surface area contributed by atoms with Crippen molar-refractivity contribution in [2.75, 3.05) is 18.5 Å². The molecule has 0 aliphatic heterocycles. The van der Waals surface area contributed by atoms with Crippen molar-refractivity contribution in [2.24, 2.45) is 5.73 Å². The van der Waals surface area contributed by atoms with Gasteiger partial charge < -0.3 is 20.5 Å². The van der Waals surface area contributed by atoms with E-state index >= 15 is 0 Å². The Morgan fingerprint density at radius 2 is 2.11 bits per heavy atom. The number of nitrogens with one attached hydrogen (secondary N) is 1. The molecule has 0 bridgehead atoms. The van der Waals surface area contributed by atoms with Crippen LogP contribution in [0.1, 0.15) is 13.8 Å². The number of esters is 1. The van der Waals surface area contributed by atoms with E-state index in [1.807, 2.05) is 6.92 Å². The van der Waals surface area contributed by atoms with Gasteiger partial charge in [0.15, 0.2) is 6.04 Å². The second-order valence-corrected chi connectivity index (χ2v) is 3.54. The smallest absolute Gasteiger partial charge is 0.332 e. The molecular weight excluding hydrogens is 250 g/mol. The number of nitrogens with two attached hydrogens (primary N) is 1. The second kappa shape index (κ2) is 7.32. The number of pyridine rings is 1. The maximum Gasteiger partial charge on any atom is 0.332 e. The van der Waals surface area contributed by atoms with Crippen LogP contribution in [0.5, 0.6) is 5.88 Å². The number of hydrogen-bond acceptors (Lipinski definition) is 6. The summed E-state index contributed by atoms with van der Waals surface area (Å²) in [7, 11) is 0. The van der Waals surface area contributed by atoms with Crippen molar-refractivity contribution in [3.63, 3.8) is 0 Å². The molecule has 0 fully saturated rings. The molecule has 0 saturated carbocycles. The molecule has 0 saturated heterocycles. The summed E-state index contributed by atoms with van der Waals surface area (Å²) in [6.07, 6.45) is 1.42. The summed E-state index contributed by atoms with van der Waals surface area (Å²) >= 11 is 0. The van der Waals surface area contributed by atoms with Crippen LogP contribution in [0, 0.1) is 0 Å². The fourth-order valence-corrected chi connectivity index (χ4v) is 1.25. The van der Waals surface area contributed by atoms with E-state index in [0.29, 0.717) is 18.2 Å². The maximum absolute atomic E-state index is 11.6. The minimum atomic E-state index is -1.36. The van der Waals surface area contributed by atoms with Crippen LogP contribution in [0.15, 0.2) is 18.3 Å². The van der Waals surface area contributed by atoms with Crippen LogP contribution in [0.25, 0.3) is 0 Å². The summed E-state index contributed by atoms with van der Waals surface area (Å²) in [6.45, 7) is 4.16. The molecule has 1 aromatic heterocycles. The van der Waals surface area contributed by atoms with Gasteiger partial charge >= 0.3 is 5.97 Å². The van der Waals surface area contributed by atoms with Gasteiger partial charge in [0.1, 0.15) is 0 Å². The first-order valence-electron chi connectivity index (χ1n) is 5.90. The molecule has 0 radical (unpaired) electrons. The van der Waals surface area contributed by atoms with E-state index in [1.165, 1.54) is 6.20 Å². The van der Waals surface area contributed by atoms with E-state index < -0.39 is 17.9 Å². The van der Waals surface area contributed by atoms with Crippen LogP contribution < -0.4 is 15.8 Å². The minimum absolute atomic E-state index is 0.171. The molecule has 19 heavy (non-hydrogen) atoms. The van der Waals surface area contributed by atoms with Gasteiger partial charge in [-0.3, -0.25) is 4.79 Å². The van der Waals surface area contributed by atoms with Crippen LogP contribution in [-0.2, 0) is 14.3 Å². The number of hydrogen-bond donors (Lipinski definition) is 2. The highest BCUT2D eigenvalue weighted by Gasteiger charge is 2.23. The number of carbonyl (C=O) groups excluding carboxylic acids is 2. The van der Waals surface area contributed by atoms with Gasteiger partial charge in [-0.05, 0) is 19.9 Å². The Balaban J connectivity index is 2.58. The molecule has 1 amide bonds. The molecule has 0 aliphatic carbocycles. The van der Waals surface area contributed by atoms with Gasteiger partial charge in [-0.1, -0.05) is 0 Å². The highest BCUT2D eigenvalue weighted by atomic mass is 16.5. The number of carbonyl (C=O) groups is 2. The van der Waals surface area contributed by atoms with Crippen molar-refractivity contribution >= 4 is 17.6 Å². The SMILES string of the molecule is CCOC(=O)C(N)C(=O)Nc1ccc(OCC)nc1. The number of nitrogens with zero attached hydrogens (tertiary/aromatic N) is 1. The molecular formula is C12H17N3O4. The normalized spacial score (nSPS) is 11.5.